The van der Waals surface area contributed by atoms with E-state index >= 15 is 0 Å². The molecule has 106 valence electrons. The van der Waals surface area contributed by atoms with Crippen LogP contribution in [0.15, 0.2) is 36.1 Å². The van der Waals surface area contributed by atoms with Gasteiger partial charge in [-0.3, -0.25) is 4.79 Å². The lowest BCUT2D eigenvalue weighted by atomic mass is 10.1. The fourth-order valence-corrected chi connectivity index (χ4v) is 2.41. The second kappa shape index (κ2) is 5.65. The first-order chi connectivity index (χ1) is 9.75. The van der Waals surface area contributed by atoms with Gasteiger partial charge in [0.15, 0.2) is 5.76 Å². The Kier molecular flexibility index (Phi) is 3.72. The van der Waals surface area contributed by atoms with Crippen molar-refractivity contribution >= 4 is 5.91 Å². The number of ether oxygens (including phenoxy) is 1. The zero-order chi connectivity index (χ0) is 13.9. The van der Waals surface area contributed by atoms with Crippen LogP contribution >= 0.6 is 0 Å². The molecule has 20 heavy (non-hydrogen) atoms. The van der Waals surface area contributed by atoms with Gasteiger partial charge in [-0.25, -0.2) is 4.39 Å². The highest BCUT2D eigenvalue weighted by atomic mass is 19.1. The first-order valence-corrected chi connectivity index (χ1v) is 7.13. The van der Waals surface area contributed by atoms with E-state index in [9.17, 15) is 9.18 Å². The maximum Gasteiger partial charge on any atom is 0.289 e. The first-order valence-electron chi connectivity index (χ1n) is 7.13. The van der Waals surface area contributed by atoms with Crippen molar-refractivity contribution in [3.05, 3.63) is 47.5 Å². The zero-order valence-electron chi connectivity index (χ0n) is 11.3. The largest absolute Gasteiger partial charge is 0.488 e. The highest BCUT2D eigenvalue weighted by molar-refractivity contribution is 5.92. The minimum Gasteiger partial charge on any atom is -0.488 e. The third kappa shape index (κ3) is 2.84. The highest BCUT2D eigenvalue weighted by Gasteiger charge is 2.35. The molecule has 1 saturated carbocycles. The summed E-state index contributed by atoms with van der Waals surface area (Å²) in [6, 6.07) is 6.85. The Hall–Kier alpha value is -1.84. The van der Waals surface area contributed by atoms with E-state index in [-0.39, 0.29) is 17.8 Å². The van der Waals surface area contributed by atoms with Crippen molar-refractivity contribution in [1.29, 1.82) is 0 Å². The number of carbonyl (C=O) groups is 1. The fourth-order valence-electron chi connectivity index (χ4n) is 2.41. The van der Waals surface area contributed by atoms with Crippen molar-refractivity contribution in [2.24, 2.45) is 0 Å². The van der Waals surface area contributed by atoms with Crippen LogP contribution in [0.2, 0.25) is 0 Å². The monoisotopic (exact) mass is 275 g/mol. The molecule has 0 N–H and O–H groups in total. The lowest BCUT2D eigenvalue weighted by Gasteiger charge is -2.25. The third-order valence-corrected chi connectivity index (χ3v) is 3.69. The summed E-state index contributed by atoms with van der Waals surface area (Å²) in [5.41, 5.74) is 0.559. The summed E-state index contributed by atoms with van der Waals surface area (Å²) >= 11 is 0. The topological polar surface area (TPSA) is 29.5 Å². The molecule has 1 aliphatic heterocycles. The second-order valence-corrected chi connectivity index (χ2v) is 5.31. The molecule has 4 heteroatoms. The molecular weight excluding hydrogens is 257 g/mol. The number of carbonyl (C=O) groups excluding carboxylic acids is 1. The van der Waals surface area contributed by atoms with E-state index in [2.05, 4.69) is 0 Å². The molecule has 3 rings (SSSR count). The number of amides is 1. The lowest BCUT2D eigenvalue weighted by molar-refractivity contribution is -0.132. The maximum absolute atomic E-state index is 13.8. The summed E-state index contributed by atoms with van der Waals surface area (Å²) in [5.74, 6) is 0.0689. The van der Waals surface area contributed by atoms with Crippen LogP contribution in [0.25, 0.3) is 0 Å². The smallest absolute Gasteiger partial charge is 0.289 e. The van der Waals surface area contributed by atoms with Gasteiger partial charge in [0, 0.05) is 18.2 Å². The van der Waals surface area contributed by atoms with Crippen molar-refractivity contribution in [1.82, 2.24) is 4.90 Å². The summed E-state index contributed by atoms with van der Waals surface area (Å²) in [7, 11) is 0. The Morgan fingerprint density at radius 2 is 2.15 bits per heavy atom. The Morgan fingerprint density at radius 1 is 1.35 bits per heavy atom. The van der Waals surface area contributed by atoms with Crippen LogP contribution in [0.5, 0.6) is 0 Å². The maximum atomic E-state index is 13.8. The van der Waals surface area contributed by atoms with E-state index in [0.29, 0.717) is 24.5 Å². The van der Waals surface area contributed by atoms with Gasteiger partial charge in [-0.15, -0.1) is 0 Å². The molecule has 0 bridgehead atoms. The van der Waals surface area contributed by atoms with E-state index in [1.165, 1.54) is 6.07 Å². The molecule has 1 amide bonds. The summed E-state index contributed by atoms with van der Waals surface area (Å²) in [6.07, 6.45) is 5.66. The van der Waals surface area contributed by atoms with Gasteiger partial charge in [0.25, 0.3) is 5.91 Å². The number of hydrogen-bond acceptors (Lipinski definition) is 2. The molecule has 1 aromatic rings. The average molecular weight is 275 g/mol. The first kappa shape index (κ1) is 13.2. The standard InChI is InChI=1S/C16H18FNO2/c17-14-6-2-1-5-12(14)11-18(13-8-9-13)16(19)15-7-3-4-10-20-15/h1-2,5-7,13H,3-4,8-11H2. The number of halogens is 1. The van der Waals surface area contributed by atoms with Crippen molar-refractivity contribution in [3.63, 3.8) is 0 Å². The van der Waals surface area contributed by atoms with Crippen LogP contribution in [-0.4, -0.2) is 23.5 Å². The van der Waals surface area contributed by atoms with Crippen LogP contribution in [0.4, 0.5) is 4.39 Å². The van der Waals surface area contributed by atoms with Crippen molar-refractivity contribution in [2.45, 2.75) is 38.3 Å². The summed E-state index contributed by atoms with van der Waals surface area (Å²) in [5, 5.41) is 0. The average Bonchev–Trinajstić information content (AvgIpc) is 3.31. The zero-order valence-corrected chi connectivity index (χ0v) is 11.3. The fraction of sp³-hybridized carbons (Fsp3) is 0.438. The molecule has 0 saturated heterocycles. The molecule has 1 fully saturated rings. The second-order valence-electron chi connectivity index (χ2n) is 5.31. The third-order valence-electron chi connectivity index (χ3n) is 3.69. The molecule has 0 spiro atoms. The van der Waals surface area contributed by atoms with Crippen molar-refractivity contribution < 1.29 is 13.9 Å². The van der Waals surface area contributed by atoms with E-state index < -0.39 is 0 Å². The Labute approximate surface area is 118 Å². The Balaban J connectivity index is 1.77. The van der Waals surface area contributed by atoms with E-state index in [1.54, 1.807) is 23.1 Å². The van der Waals surface area contributed by atoms with Crippen molar-refractivity contribution in [2.75, 3.05) is 6.61 Å². The highest BCUT2D eigenvalue weighted by Crippen LogP contribution is 2.30. The van der Waals surface area contributed by atoms with Crippen LogP contribution in [-0.2, 0) is 16.1 Å². The van der Waals surface area contributed by atoms with E-state index in [4.69, 9.17) is 4.74 Å². The van der Waals surface area contributed by atoms with Gasteiger partial charge in [-0.2, -0.15) is 0 Å². The molecule has 0 radical (unpaired) electrons. The number of benzene rings is 1. The van der Waals surface area contributed by atoms with Crippen LogP contribution in [0, 0.1) is 5.82 Å². The molecule has 0 aromatic heterocycles. The van der Waals surface area contributed by atoms with Gasteiger partial charge in [-0.05, 0) is 37.8 Å². The van der Waals surface area contributed by atoms with E-state index in [1.807, 2.05) is 6.08 Å². The van der Waals surface area contributed by atoms with Gasteiger partial charge in [-0.1, -0.05) is 18.2 Å². The van der Waals surface area contributed by atoms with E-state index in [0.717, 1.165) is 25.7 Å². The lowest BCUT2D eigenvalue weighted by Crippen LogP contribution is -2.35. The molecule has 0 unspecified atom stereocenters. The number of hydrogen-bond donors (Lipinski definition) is 0. The minimum atomic E-state index is -0.260. The Bertz CT molecular complexity index is 537. The summed E-state index contributed by atoms with van der Waals surface area (Å²) < 4.78 is 19.2. The molecule has 1 aromatic carbocycles. The van der Waals surface area contributed by atoms with Crippen LogP contribution in [0.3, 0.4) is 0 Å². The molecule has 1 heterocycles. The minimum absolute atomic E-state index is 0.101. The molecule has 2 aliphatic rings. The quantitative estimate of drug-likeness (QED) is 0.845. The van der Waals surface area contributed by atoms with Gasteiger partial charge >= 0.3 is 0 Å². The van der Waals surface area contributed by atoms with Crippen LogP contribution < -0.4 is 0 Å². The number of allylic oxidation sites excluding steroid dienone is 1. The van der Waals surface area contributed by atoms with Crippen molar-refractivity contribution in [3.8, 4) is 0 Å². The van der Waals surface area contributed by atoms with Gasteiger partial charge < -0.3 is 9.64 Å². The number of rotatable bonds is 4. The molecule has 0 atom stereocenters. The SMILES string of the molecule is O=C(C1=CCCCO1)N(Cc1ccccc1F)C1CC1. The molecule has 1 aliphatic carbocycles. The molecular formula is C16H18FNO2. The van der Waals surface area contributed by atoms with Crippen LogP contribution in [0.1, 0.15) is 31.2 Å². The Morgan fingerprint density at radius 3 is 2.80 bits per heavy atom. The van der Waals surface area contributed by atoms with Gasteiger partial charge in [0.1, 0.15) is 5.82 Å². The summed E-state index contributed by atoms with van der Waals surface area (Å²) in [6.45, 7) is 0.909. The predicted molar refractivity (Wildman–Crippen MR) is 73.2 cm³/mol. The number of nitrogens with zero attached hydrogens (tertiary/aromatic N) is 1. The predicted octanol–water partition coefficient (Wildman–Crippen LogP) is 3.01. The van der Waals surface area contributed by atoms with Gasteiger partial charge in [0.2, 0.25) is 0 Å². The summed E-state index contributed by atoms with van der Waals surface area (Å²) in [4.78, 5) is 14.3. The molecule has 3 nitrogen and oxygen atoms in total. The van der Waals surface area contributed by atoms with Gasteiger partial charge in [0.05, 0.1) is 6.61 Å². The normalized spacial score (nSPS) is 18.1.